The number of nitrogens with zero attached hydrogens (tertiary/aromatic N) is 3. The number of aromatic nitrogens is 1. The molecule has 41 heavy (non-hydrogen) atoms. The molecule has 2 heterocycles. The fourth-order valence-electron chi connectivity index (χ4n) is 5.46. The van der Waals surface area contributed by atoms with Gasteiger partial charge in [0.2, 0.25) is 11.5 Å². The van der Waals surface area contributed by atoms with Crippen LogP contribution in [0, 0.1) is 6.92 Å². The number of aliphatic hydroxyl groups excluding tert-OH is 1. The van der Waals surface area contributed by atoms with Gasteiger partial charge in [0.25, 0.3) is 0 Å². The van der Waals surface area contributed by atoms with Crippen LogP contribution in [-0.2, 0) is 4.79 Å². The Balaban J connectivity index is 1.30. The fraction of sp³-hybridized carbons (Fsp3) is 0.600. The predicted molar refractivity (Wildman–Crippen MR) is 175 cm³/mol. The average molecular weight is 579 g/mol. The second-order valence-electron chi connectivity index (χ2n) is 11.4. The molecule has 2 aliphatic rings. The minimum atomic E-state index is -0.173. The second-order valence-corrected chi connectivity index (χ2v) is 12.7. The Labute approximate surface area is 252 Å². The molecule has 1 N–H and O–H groups in total. The Morgan fingerprint density at radius 3 is 1.88 bits per heavy atom. The molecule has 0 amide bonds. The molecule has 0 fully saturated rings. The molecule has 0 spiro atoms. The van der Waals surface area contributed by atoms with E-state index in [9.17, 15) is 9.90 Å². The number of hydrogen-bond donors (Lipinski definition) is 1. The lowest BCUT2D eigenvalue weighted by Gasteiger charge is -2.20. The summed E-state index contributed by atoms with van der Waals surface area (Å²) in [4.78, 5) is 22.6. The van der Waals surface area contributed by atoms with Gasteiger partial charge in [-0.1, -0.05) is 96.8 Å². The van der Waals surface area contributed by atoms with E-state index in [1.807, 2.05) is 25.3 Å². The van der Waals surface area contributed by atoms with Crippen LogP contribution < -0.4 is 0 Å². The third-order valence-electron chi connectivity index (χ3n) is 8.03. The van der Waals surface area contributed by atoms with Gasteiger partial charge in [0.05, 0.1) is 23.1 Å². The zero-order valence-electron chi connectivity index (χ0n) is 25.8. The van der Waals surface area contributed by atoms with Crippen molar-refractivity contribution in [2.45, 2.75) is 124 Å². The number of carbonyl (C=O) groups excluding carboxylic acids is 1. The molecule has 3 rings (SSSR count). The van der Waals surface area contributed by atoms with Crippen molar-refractivity contribution in [1.29, 1.82) is 0 Å². The zero-order valence-corrected chi connectivity index (χ0v) is 26.6. The van der Waals surface area contributed by atoms with Gasteiger partial charge >= 0.3 is 0 Å². The predicted octanol–water partition coefficient (Wildman–Crippen LogP) is 9.49. The monoisotopic (exact) mass is 578 g/mol. The van der Waals surface area contributed by atoms with Gasteiger partial charge in [0.1, 0.15) is 23.9 Å². The lowest BCUT2D eigenvalue weighted by Crippen LogP contribution is -2.25. The van der Waals surface area contributed by atoms with Crippen LogP contribution in [0.4, 0.5) is 0 Å². The maximum Gasteiger partial charge on any atom is 0.218 e. The Bertz CT molecular complexity index is 1150. The smallest absolute Gasteiger partial charge is 0.218 e. The topological polar surface area (TPSA) is 65.6 Å². The lowest BCUT2D eigenvalue weighted by atomic mass is 9.86. The standard InChI is InChI=1S/C35H51N3O2S/c1-4-6-7-8-9-10-11-12-13-14-15-16-17-18-19-20-25-38(5-2)29-21-23-31(36-27-29)33-34(39)30(35(33)40)22-24-32-37-26-28(3)41-32/h21-24,26-27H,4-20,25H2,1-3H3/p+1. The molecule has 224 valence electrons. The van der Waals surface area contributed by atoms with E-state index in [1.54, 1.807) is 29.7 Å². The first-order chi connectivity index (χ1) is 20.0. The van der Waals surface area contributed by atoms with Crippen molar-refractivity contribution in [2.24, 2.45) is 4.99 Å². The maximum atomic E-state index is 12.7. The first-order valence-electron chi connectivity index (χ1n) is 16.2. The summed E-state index contributed by atoms with van der Waals surface area (Å²) >= 11 is 1.55. The van der Waals surface area contributed by atoms with E-state index in [0.29, 0.717) is 16.8 Å². The summed E-state index contributed by atoms with van der Waals surface area (Å²) < 4.78 is 2.34. The molecular formula is C35H52N3O2S+. The van der Waals surface area contributed by atoms with Crippen LogP contribution in [0.15, 0.2) is 52.0 Å². The SMILES string of the molecule is CCCCCCCCCCCCCCCCCC[N+](CC)=C1C=CC(=C2C(=O)C(/C=C/c3ncc(C)s3)=C2O)N=C1. The van der Waals surface area contributed by atoms with Crippen LogP contribution in [0.2, 0.25) is 0 Å². The summed E-state index contributed by atoms with van der Waals surface area (Å²) in [5, 5.41) is 11.3. The van der Waals surface area contributed by atoms with Crippen LogP contribution in [0.3, 0.4) is 0 Å². The van der Waals surface area contributed by atoms with Crippen LogP contribution in [-0.4, -0.2) is 45.5 Å². The van der Waals surface area contributed by atoms with Crippen LogP contribution in [0.25, 0.3) is 6.08 Å². The van der Waals surface area contributed by atoms with Crippen molar-refractivity contribution in [3.63, 3.8) is 0 Å². The summed E-state index contributed by atoms with van der Waals surface area (Å²) in [6, 6.07) is 0. The summed E-state index contributed by atoms with van der Waals surface area (Å²) in [6.45, 7) is 8.38. The minimum absolute atomic E-state index is 0.0142. The zero-order chi connectivity index (χ0) is 29.3. The van der Waals surface area contributed by atoms with E-state index in [-0.39, 0.29) is 11.5 Å². The van der Waals surface area contributed by atoms with Gasteiger partial charge in [-0.25, -0.2) is 14.6 Å². The number of allylic oxidation sites excluding steroid dienone is 5. The van der Waals surface area contributed by atoms with Gasteiger partial charge in [-0.2, -0.15) is 0 Å². The van der Waals surface area contributed by atoms with E-state index in [2.05, 4.69) is 28.4 Å². The quantitative estimate of drug-likeness (QED) is 0.0952. The highest BCUT2D eigenvalue weighted by atomic mass is 32.1. The summed E-state index contributed by atoms with van der Waals surface area (Å²) in [5.41, 5.74) is 2.20. The van der Waals surface area contributed by atoms with Crippen molar-refractivity contribution in [1.82, 2.24) is 4.98 Å². The second kappa shape index (κ2) is 18.8. The number of aliphatic hydroxyl groups is 1. The molecule has 1 aliphatic carbocycles. The van der Waals surface area contributed by atoms with Crippen molar-refractivity contribution in [3.8, 4) is 0 Å². The van der Waals surface area contributed by atoms with E-state index >= 15 is 0 Å². The van der Waals surface area contributed by atoms with E-state index in [4.69, 9.17) is 0 Å². The number of carbonyl (C=O) groups is 1. The highest BCUT2D eigenvalue weighted by molar-refractivity contribution is 7.12. The molecule has 1 aromatic heterocycles. The molecule has 6 heteroatoms. The molecule has 5 nitrogen and oxygen atoms in total. The molecule has 0 bridgehead atoms. The molecule has 0 atom stereocenters. The van der Waals surface area contributed by atoms with Crippen molar-refractivity contribution < 1.29 is 14.5 Å². The first-order valence-corrected chi connectivity index (χ1v) is 17.0. The van der Waals surface area contributed by atoms with Crippen molar-refractivity contribution in [3.05, 3.63) is 56.9 Å². The average Bonchev–Trinajstić information content (AvgIpc) is 3.40. The number of hydrogen-bond acceptors (Lipinski definition) is 5. The van der Waals surface area contributed by atoms with Gasteiger partial charge in [0.15, 0.2) is 0 Å². The molecule has 0 unspecified atom stereocenters. The Hall–Kier alpha value is -2.60. The van der Waals surface area contributed by atoms with Gasteiger partial charge in [0, 0.05) is 23.6 Å². The molecule has 1 aromatic rings. The summed E-state index contributed by atoms with van der Waals surface area (Å²) in [7, 11) is 0. The largest absolute Gasteiger partial charge is 0.506 e. The number of dihydropyridines is 1. The summed E-state index contributed by atoms with van der Waals surface area (Å²) in [6.07, 6.45) is 33.0. The number of rotatable bonds is 20. The first kappa shape index (κ1) is 32.9. The van der Waals surface area contributed by atoms with E-state index < -0.39 is 0 Å². The van der Waals surface area contributed by atoms with E-state index in [1.165, 1.54) is 103 Å². The van der Waals surface area contributed by atoms with Gasteiger partial charge in [-0.3, -0.25) is 4.79 Å². The third-order valence-corrected chi connectivity index (χ3v) is 8.91. The fourth-order valence-corrected chi connectivity index (χ4v) is 6.14. The van der Waals surface area contributed by atoms with Crippen molar-refractivity contribution in [2.75, 3.05) is 13.1 Å². The normalized spacial score (nSPS) is 18.2. The number of aliphatic imine (C=N–C) groups is 1. The molecule has 1 aliphatic heterocycles. The maximum absolute atomic E-state index is 12.7. The van der Waals surface area contributed by atoms with Crippen LogP contribution >= 0.6 is 11.3 Å². The Kier molecular flexibility index (Phi) is 15.1. The van der Waals surface area contributed by atoms with Gasteiger partial charge in [-0.15, -0.1) is 11.3 Å². The van der Waals surface area contributed by atoms with Crippen molar-refractivity contribution >= 4 is 35.1 Å². The molecule has 0 aromatic carbocycles. The molecule has 0 radical (unpaired) electrons. The minimum Gasteiger partial charge on any atom is -0.506 e. The Morgan fingerprint density at radius 1 is 0.829 bits per heavy atom. The van der Waals surface area contributed by atoms with Gasteiger partial charge in [-0.05, 0) is 38.5 Å². The number of Topliss-reactive ketones (excluding diaryl/α,β-unsaturated/α-hetero) is 1. The molecule has 0 saturated carbocycles. The number of thiazole rings is 1. The number of aryl methyl sites for hydroxylation is 1. The highest BCUT2D eigenvalue weighted by Crippen LogP contribution is 2.34. The van der Waals surface area contributed by atoms with Crippen LogP contribution in [0.1, 0.15) is 126 Å². The molecular weight excluding hydrogens is 526 g/mol. The summed E-state index contributed by atoms with van der Waals surface area (Å²) in [5.74, 6) is -0.159. The van der Waals surface area contributed by atoms with Gasteiger partial charge < -0.3 is 5.11 Å². The highest BCUT2D eigenvalue weighted by Gasteiger charge is 2.35. The molecule has 0 saturated heterocycles. The van der Waals surface area contributed by atoms with E-state index in [0.717, 1.165) is 28.7 Å². The van der Waals surface area contributed by atoms with Crippen LogP contribution in [0.5, 0.6) is 0 Å². The Morgan fingerprint density at radius 2 is 1.41 bits per heavy atom. The third kappa shape index (κ3) is 11.0. The number of unbranched alkanes of at least 4 members (excludes halogenated alkanes) is 15. The number of ketones is 1. The lowest BCUT2D eigenvalue weighted by molar-refractivity contribution is -0.522.